The number of carbonyl (C=O) groups is 1. The number of carbonyl (C=O) groups excluding carboxylic acids is 1. The summed E-state index contributed by atoms with van der Waals surface area (Å²) in [6, 6.07) is 15.8. The van der Waals surface area contributed by atoms with E-state index < -0.39 is 6.10 Å². The first-order valence-corrected chi connectivity index (χ1v) is 9.02. The van der Waals surface area contributed by atoms with Gasteiger partial charge in [-0.15, -0.1) is 0 Å². The summed E-state index contributed by atoms with van der Waals surface area (Å²) in [6.07, 6.45) is 1.35. The largest absolute Gasteiger partial charge is 0.454 e. The second kappa shape index (κ2) is 7.38. The van der Waals surface area contributed by atoms with E-state index in [-0.39, 0.29) is 5.91 Å². The van der Waals surface area contributed by atoms with E-state index in [9.17, 15) is 4.79 Å². The highest BCUT2D eigenvalue weighted by Crippen LogP contribution is 2.37. The number of hydrogen-bond donors (Lipinski definition) is 0. The first-order valence-electron chi connectivity index (χ1n) is 9.02. The van der Waals surface area contributed by atoms with Crippen LogP contribution in [0, 0.1) is 0 Å². The van der Waals surface area contributed by atoms with Crippen LogP contribution >= 0.6 is 0 Å². The molecule has 2 aromatic carbocycles. The van der Waals surface area contributed by atoms with Crippen LogP contribution in [0.3, 0.4) is 0 Å². The minimum Gasteiger partial charge on any atom is -0.454 e. The Hall–Kier alpha value is -2.53. The van der Waals surface area contributed by atoms with Gasteiger partial charge in [-0.3, -0.25) is 4.79 Å². The van der Waals surface area contributed by atoms with Crippen LogP contribution in [-0.2, 0) is 9.53 Å². The van der Waals surface area contributed by atoms with Gasteiger partial charge in [-0.05, 0) is 42.0 Å². The van der Waals surface area contributed by atoms with E-state index in [1.165, 1.54) is 5.56 Å². The summed E-state index contributed by atoms with van der Waals surface area (Å²) >= 11 is 0. The van der Waals surface area contributed by atoms with Crippen LogP contribution in [0.2, 0.25) is 0 Å². The fourth-order valence-corrected chi connectivity index (χ4v) is 3.77. The van der Waals surface area contributed by atoms with E-state index in [0.717, 1.165) is 43.0 Å². The van der Waals surface area contributed by atoms with Gasteiger partial charge in [-0.1, -0.05) is 36.4 Å². The normalized spacial score (nSPS) is 18.0. The molecule has 2 aromatic rings. The molecule has 0 bridgehead atoms. The number of amides is 1. The molecule has 26 heavy (non-hydrogen) atoms. The maximum absolute atomic E-state index is 12.9. The van der Waals surface area contributed by atoms with E-state index in [2.05, 4.69) is 12.1 Å². The van der Waals surface area contributed by atoms with Crippen LogP contribution in [0.4, 0.5) is 0 Å². The number of ether oxygens (including phenoxy) is 3. The molecule has 0 aliphatic carbocycles. The highest BCUT2D eigenvalue weighted by atomic mass is 16.7. The summed E-state index contributed by atoms with van der Waals surface area (Å²) in [5.41, 5.74) is 2.16. The number of benzene rings is 2. The molecule has 1 atom stereocenters. The number of methoxy groups -OCH3 is 1. The maximum Gasteiger partial charge on any atom is 0.256 e. The Morgan fingerprint density at radius 3 is 2.54 bits per heavy atom. The molecule has 136 valence electrons. The minimum atomic E-state index is -0.529. The smallest absolute Gasteiger partial charge is 0.256 e. The van der Waals surface area contributed by atoms with Crippen LogP contribution < -0.4 is 9.47 Å². The average molecular weight is 353 g/mol. The van der Waals surface area contributed by atoms with Gasteiger partial charge in [0.1, 0.15) is 0 Å². The fraction of sp³-hybridized carbons (Fsp3) is 0.381. The van der Waals surface area contributed by atoms with Crippen molar-refractivity contribution >= 4 is 5.91 Å². The Bertz CT molecular complexity index is 769. The van der Waals surface area contributed by atoms with Crippen LogP contribution in [0.15, 0.2) is 48.5 Å². The Balaban J connectivity index is 1.40. The zero-order valence-corrected chi connectivity index (χ0v) is 14.9. The van der Waals surface area contributed by atoms with Crippen LogP contribution in [0.5, 0.6) is 11.5 Å². The molecule has 0 spiro atoms. The molecule has 5 heteroatoms. The van der Waals surface area contributed by atoms with Crippen LogP contribution in [0.25, 0.3) is 0 Å². The molecule has 2 aliphatic rings. The summed E-state index contributed by atoms with van der Waals surface area (Å²) in [5.74, 6) is 2.12. The predicted molar refractivity (Wildman–Crippen MR) is 97.3 cm³/mol. The molecule has 2 heterocycles. The van der Waals surface area contributed by atoms with Gasteiger partial charge in [-0.2, -0.15) is 0 Å². The number of rotatable bonds is 4. The second-order valence-electron chi connectivity index (χ2n) is 6.74. The summed E-state index contributed by atoms with van der Waals surface area (Å²) in [5, 5.41) is 0. The van der Waals surface area contributed by atoms with Crippen LogP contribution in [0.1, 0.15) is 36.0 Å². The van der Waals surface area contributed by atoms with Gasteiger partial charge < -0.3 is 19.1 Å². The van der Waals surface area contributed by atoms with Gasteiger partial charge in [0.15, 0.2) is 17.6 Å². The van der Waals surface area contributed by atoms with Crippen molar-refractivity contribution in [2.75, 3.05) is 27.0 Å². The number of likely N-dealkylation sites (tertiary alicyclic amines) is 1. The Morgan fingerprint density at radius 1 is 1.08 bits per heavy atom. The molecule has 0 saturated carbocycles. The quantitative estimate of drug-likeness (QED) is 0.844. The van der Waals surface area contributed by atoms with Gasteiger partial charge in [0, 0.05) is 20.2 Å². The lowest BCUT2D eigenvalue weighted by atomic mass is 9.89. The lowest BCUT2D eigenvalue weighted by Gasteiger charge is -2.34. The van der Waals surface area contributed by atoms with Gasteiger partial charge in [0.25, 0.3) is 5.91 Å². The third-order valence-corrected chi connectivity index (χ3v) is 5.24. The predicted octanol–water partition coefficient (Wildman–Crippen LogP) is 3.51. The molecule has 0 radical (unpaired) electrons. The van der Waals surface area contributed by atoms with Crippen molar-refractivity contribution in [2.45, 2.75) is 24.9 Å². The SMILES string of the molecule is CO[C@H](C(=O)N1CCC(c2ccc3c(c2)OCO3)CC1)c1ccccc1. The van der Waals surface area contributed by atoms with Crippen molar-refractivity contribution in [1.82, 2.24) is 4.90 Å². The Labute approximate surface area is 153 Å². The van der Waals surface area contributed by atoms with Crippen molar-refractivity contribution in [1.29, 1.82) is 0 Å². The first kappa shape index (κ1) is 16.9. The van der Waals surface area contributed by atoms with Crippen molar-refractivity contribution in [2.24, 2.45) is 0 Å². The number of fused-ring (bicyclic) bond motifs is 1. The third kappa shape index (κ3) is 3.27. The lowest BCUT2D eigenvalue weighted by Crippen LogP contribution is -2.41. The zero-order chi connectivity index (χ0) is 17.9. The molecule has 4 rings (SSSR count). The molecule has 1 amide bonds. The third-order valence-electron chi connectivity index (χ3n) is 5.24. The molecule has 0 aromatic heterocycles. The maximum atomic E-state index is 12.9. The molecular formula is C21H23NO4. The summed E-state index contributed by atoms with van der Waals surface area (Å²) in [4.78, 5) is 14.8. The molecule has 1 fully saturated rings. The van der Waals surface area contributed by atoms with Gasteiger partial charge in [0.2, 0.25) is 6.79 Å². The first-order chi connectivity index (χ1) is 12.8. The summed E-state index contributed by atoms with van der Waals surface area (Å²) in [7, 11) is 1.59. The molecule has 1 saturated heterocycles. The monoisotopic (exact) mass is 353 g/mol. The Morgan fingerprint density at radius 2 is 1.81 bits per heavy atom. The van der Waals surface area contributed by atoms with Crippen molar-refractivity contribution < 1.29 is 19.0 Å². The molecular weight excluding hydrogens is 330 g/mol. The summed E-state index contributed by atoms with van der Waals surface area (Å²) < 4.78 is 16.4. The Kier molecular flexibility index (Phi) is 4.80. The van der Waals surface area contributed by atoms with Crippen molar-refractivity contribution in [3.8, 4) is 11.5 Å². The van der Waals surface area contributed by atoms with E-state index in [4.69, 9.17) is 14.2 Å². The topological polar surface area (TPSA) is 48.0 Å². The van der Waals surface area contributed by atoms with Crippen molar-refractivity contribution in [3.63, 3.8) is 0 Å². The zero-order valence-electron chi connectivity index (χ0n) is 14.9. The highest BCUT2D eigenvalue weighted by molar-refractivity contribution is 5.82. The molecule has 5 nitrogen and oxygen atoms in total. The summed E-state index contributed by atoms with van der Waals surface area (Å²) in [6.45, 7) is 1.78. The van der Waals surface area contributed by atoms with E-state index in [1.807, 2.05) is 41.3 Å². The number of nitrogens with zero attached hydrogens (tertiary/aromatic N) is 1. The van der Waals surface area contributed by atoms with E-state index in [0.29, 0.717) is 12.7 Å². The minimum absolute atomic E-state index is 0.0443. The van der Waals surface area contributed by atoms with Crippen LogP contribution in [-0.4, -0.2) is 37.8 Å². The second-order valence-corrected chi connectivity index (χ2v) is 6.74. The number of hydrogen-bond acceptors (Lipinski definition) is 4. The van der Waals surface area contributed by atoms with Crippen molar-refractivity contribution in [3.05, 3.63) is 59.7 Å². The van der Waals surface area contributed by atoms with Gasteiger partial charge >= 0.3 is 0 Å². The molecule has 0 unspecified atom stereocenters. The molecule has 0 N–H and O–H groups in total. The standard InChI is InChI=1S/C21H23NO4/c1-24-20(16-5-3-2-4-6-16)21(23)22-11-9-15(10-12-22)17-7-8-18-19(13-17)26-14-25-18/h2-8,13,15,20H,9-12,14H2,1H3/t20-/m0/s1. The fourth-order valence-electron chi connectivity index (χ4n) is 3.77. The average Bonchev–Trinajstić information content (AvgIpc) is 3.17. The van der Waals surface area contributed by atoms with Gasteiger partial charge in [-0.25, -0.2) is 0 Å². The number of piperidine rings is 1. The highest BCUT2D eigenvalue weighted by Gasteiger charge is 2.30. The van der Waals surface area contributed by atoms with Gasteiger partial charge in [0.05, 0.1) is 0 Å². The van der Waals surface area contributed by atoms with E-state index in [1.54, 1.807) is 7.11 Å². The van der Waals surface area contributed by atoms with E-state index >= 15 is 0 Å². The molecule has 2 aliphatic heterocycles. The lowest BCUT2D eigenvalue weighted by molar-refractivity contribution is -0.143.